The molecular formula is C13H13BrClN3S. The molecular weight excluding hydrogens is 346 g/mol. The van der Waals surface area contributed by atoms with Crippen molar-refractivity contribution in [2.75, 3.05) is 5.73 Å². The van der Waals surface area contributed by atoms with Crippen LogP contribution < -0.4 is 5.73 Å². The molecule has 2 aromatic rings. The van der Waals surface area contributed by atoms with Gasteiger partial charge in [-0.3, -0.25) is 0 Å². The zero-order chi connectivity index (χ0) is 13.8. The van der Waals surface area contributed by atoms with Crippen LogP contribution in [-0.2, 0) is 12.2 Å². The van der Waals surface area contributed by atoms with Crippen LogP contribution in [0.2, 0.25) is 5.02 Å². The van der Waals surface area contributed by atoms with Crippen molar-refractivity contribution in [2.24, 2.45) is 0 Å². The van der Waals surface area contributed by atoms with Crippen molar-refractivity contribution in [3.05, 3.63) is 45.3 Å². The monoisotopic (exact) mass is 357 g/mol. The normalized spacial score (nSPS) is 10.7. The molecule has 1 heterocycles. The van der Waals surface area contributed by atoms with Crippen LogP contribution in [-0.4, -0.2) is 9.97 Å². The van der Waals surface area contributed by atoms with E-state index in [1.54, 1.807) is 11.8 Å². The van der Waals surface area contributed by atoms with E-state index in [1.807, 2.05) is 31.2 Å². The lowest BCUT2D eigenvalue weighted by Crippen LogP contribution is -2.04. The predicted octanol–water partition coefficient (Wildman–Crippen LogP) is 4.33. The fraction of sp³-hybridized carbons (Fsp3) is 0.231. The van der Waals surface area contributed by atoms with Gasteiger partial charge in [0.25, 0.3) is 0 Å². The first-order chi connectivity index (χ1) is 9.11. The maximum absolute atomic E-state index is 6.11. The Bertz CT molecular complexity index is 592. The highest BCUT2D eigenvalue weighted by atomic mass is 79.9. The topological polar surface area (TPSA) is 51.8 Å². The Hall–Kier alpha value is -0.780. The van der Waals surface area contributed by atoms with Gasteiger partial charge >= 0.3 is 0 Å². The predicted molar refractivity (Wildman–Crippen MR) is 84.5 cm³/mol. The molecule has 1 aromatic carbocycles. The number of nitrogen functional groups attached to an aromatic ring is 1. The molecule has 0 amide bonds. The Labute approximate surface area is 130 Å². The summed E-state index contributed by atoms with van der Waals surface area (Å²) < 4.78 is 0.793. The number of thioether (sulfide) groups is 1. The van der Waals surface area contributed by atoms with Crippen molar-refractivity contribution < 1.29 is 0 Å². The maximum Gasteiger partial charge on any atom is 0.141 e. The minimum absolute atomic E-state index is 0.488. The van der Waals surface area contributed by atoms with Gasteiger partial charge in [-0.25, -0.2) is 9.97 Å². The highest BCUT2D eigenvalue weighted by Gasteiger charge is 2.09. The number of hydrogen-bond donors (Lipinski definition) is 1. The summed E-state index contributed by atoms with van der Waals surface area (Å²) in [6, 6.07) is 7.73. The van der Waals surface area contributed by atoms with E-state index in [-0.39, 0.29) is 0 Å². The zero-order valence-electron chi connectivity index (χ0n) is 10.4. The Morgan fingerprint density at radius 1 is 1.32 bits per heavy atom. The lowest BCUT2D eigenvalue weighted by atomic mass is 10.3. The SMILES string of the molecule is CCc1nc(CSc2ccccc2Cl)nc(N)c1Br. The highest BCUT2D eigenvalue weighted by molar-refractivity contribution is 9.10. The fourth-order valence-corrected chi connectivity index (χ4v) is 3.12. The molecule has 2 rings (SSSR count). The summed E-state index contributed by atoms with van der Waals surface area (Å²) in [6.07, 6.45) is 0.817. The van der Waals surface area contributed by atoms with Gasteiger partial charge < -0.3 is 5.73 Å². The van der Waals surface area contributed by atoms with Crippen LogP contribution in [0.15, 0.2) is 33.6 Å². The number of nitrogens with two attached hydrogens (primary N) is 1. The smallest absolute Gasteiger partial charge is 0.141 e. The summed E-state index contributed by atoms with van der Waals surface area (Å²) in [5.41, 5.74) is 6.80. The number of hydrogen-bond acceptors (Lipinski definition) is 4. The van der Waals surface area contributed by atoms with Gasteiger partial charge in [-0.05, 0) is 34.5 Å². The maximum atomic E-state index is 6.11. The van der Waals surface area contributed by atoms with Gasteiger partial charge in [0.1, 0.15) is 11.6 Å². The Morgan fingerprint density at radius 2 is 2.05 bits per heavy atom. The molecule has 0 aliphatic rings. The van der Waals surface area contributed by atoms with Gasteiger partial charge in [-0.1, -0.05) is 30.7 Å². The first-order valence-corrected chi connectivity index (χ1v) is 7.95. The largest absolute Gasteiger partial charge is 0.383 e. The summed E-state index contributed by atoms with van der Waals surface area (Å²) in [5, 5.41) is 0.744. The van der Waals surface area contributed by atoms with Crippen molar-refractivity contribution in [3.63, 3.8) is 0 Å². The second-order valence-electron chi connectivity index (χ2n) is 3.86. The van der Waals surface area contributed by atoms with Crippen LogP contribution in [0.25, 0.3) is 0 Å². The van der Waals surface area contributed by atoms with E-state index in [1.165, 1.54) is 0 Å². The Balaban J connectivity index is 2.16. The second kappa shape index (κ2) is 6.59. The summed E-state index contributed by atoms with van der Waals surface area (Å²) in [6.45, 7) is 2.04. The van der Waals surface area contributed by atoms with E-state index in [0.29, 0.717) is 11.6 Å². The van der Waals surface area contributed by atoms with Crippen LogP contribution >= 0.6 is 39.3 Å². The highest BCUT2D eigenvalue weighted by Crippen LogP contribution is 2.29. The molecule has 0 saturated heterocycles. The van der Waals surface area contributed by atoms with E-state index in [0.717, 1.165) is 32.3 Å². The summed E-state index contributed by atoms with van der Waals surface area (Å²) >= 11 is 11.1. The fourth-order valence-electron chi connectivity index (χ4n) is 1.57. The van der Waals surface area contributed by atoms with Crippen LogP contribution in [0.3, 0.4) is 0 Å². The van der Waals surface area contributed by atoms with E-state index >= 15 is 0 Å². The molecule has 19 heavy (non-hydrogen) atoms. The van der Waals surface area contributed by atoms with Crippen LogP contribution in [0.4, 0.5) is 5.82 Å². The number of rotatable bonds is 4. The molecule has 0 radical (unpaired) electrons. The molecule has 0 atom stereocenters. The van der Waals surface area contributed by atoms with Gasteiger partial charge in [0.15, 0.2) is 0 Å². The molecule has 0 aliphatic carbocycles. The van der Waals surface area contributed by atoms with Crippen LogP contribution in [0.5, 0.6) is 0 Å². The van der Waals surface area contributed by atoms with Crippen LogP contribution in [0, 0.1) is 0 Å². The molecule has 0 spiro atoms. The molecule has 6 heteroatoms. The Morgan fingerprint density at radius 3 is 2.74 bits per heavy atom. The van der Waals surface area contributed by atoms with E-state index in [2.05, 4.69) is 25.9 Å². The van der Waals surface area contributed by atoms with E-state index in [4.69, 9.17) is 17.3 Å². The first kappa shape index (κ1) is 14.6. The van der Waals surface area contributed by atoms with Crippen molar-refractivity contribution in [3.8, 4) is 0 Å². The minimum atomic E-state index is 0.488. The van der Waals surface area contributed by atoms with Gasteiger partial charge in [-0.2, -0.15) is 0 Å². The molecule has 100 valence electrons. The first-order valence-electron chi connectivity index (χ1n) is 5.80. The summed E-state index contributed by atoms with van der Waals surface area (Å²) in [4.78, 5) is 9.80. The second-order valence-corrected chi connectivity index (χ2v) is 6.08. The summed E-state index contributed by atoms with van der Waals surface area (Å²) in [5.74, 6) is 1.86. The molecule has 0 bridgehead atoms. The third kappa shape index (κ3) is 3.61. The number of benzene rings is 1. The van der Waals surface area contributed by atoms with Gasteiger partial charge in [0, 0.05) is 4.90 Å². The number of halogens is 2. The molecule has 0 fully saturated rings. The van der Waals surface area contributed by atoms with Crippen molar-refractivity contribution in [1.29, 1.82) is 0 Å². The van der Waals surface area contributed by atoms with Crippen molar-refractivity contribution in [2.45, 2.75) is 24.0 Å². The standard InChI is InChI=1S/C13H13BrClN3S/c1-2-9-12(14)13(16)18-11(17-9)7-19-10-6-4-3-5-8(10)15/h3-6H,2,7H2,1H3,(H2,16,17,18). The number of nitrogens with zero attached hydrogens (tertiary/aromatic N) is 2. The summed E-state index contributed by atoms with van der Waals surface area (Å²) in [7, 11) is 0. The van der Waals surface area contributed by atoms with E-state index in [9.17, 15) is 0 Å². The van der Waals surface area contributed by atoms with Crippen molar-refractivity contribution >= 4 is 45.1 Å². The molecule has 0 unspecified atom stereocenters. The molecule has 0 saturated carbocycles. The lowest BCUT2D eigenvalue weighted by molar-refractivity contribution is 0.934. The zero-order valence-corrected chi connectivity index (χ0v) is 13.5. The molecule has 2 N–H and O–H groups in total. The number of aryl methyl sites for hydroxylation is 1. The van der Waals surface area contributed by atoms with Gasteiger partial charge in [0.2, 0.25) is 0 Å². The average molecular weight is 359 g/mol. The Kier molecular flexibility index (Phi) is 5.07. The lowest BCUT2D eigenvalue weighted by Gasteiger charge is -2.08. The molecule has 1 aromatic heterocycles. The molecule has 3 nitrogen and oxygen atoms in total. The minimum Gasteiger partial charge on any atom is -0.383 e. The van der Waals surface area contributed by atoms with Gasteiger partial charge in [0.05, 0.1) is 20.9 Å². The van der Waals surface area contributed by atoms with Crippen molar-refractivity contribution in [1.82, 2.24) is 9.97 Å². The van der Waals surface area contributed by atoms with E-state index < -0.39 is 0 Å². The average Bonchev–Trinajstić information content (AvgIpc) is 2.41. The quantitative estimate of drug-likeness (QED) is 0.827. The third-order valence-electron chi connectivity index (χ3n) is 2.52. The van der Waals surface area contributed by atoms with Gasteiger partial charge in [-0.15, -0.1) is 11.8 Å². The molecule has 0 aliphatic heterocycles. The third-order valence-corrected chi connectivity index (χ3v) is 4.90. The van der Waals surface area contributed by atoms with Crippen LogP contribution in [0.1, 0.15) is 18.4 Å². The number of aromatic nitrogens is 2. The number of anilines is 1.